The van der Waals surface area contributed by atoms with Gasteiger partial charge in [-0.2, -0.15) is 5.26 Å². The number of hydrogen-bond donors (Lipinski definition) is 0. The van der Waals surface area contributed by atoms with E-state index in [0.29, 0.717) is 12.8 Å². The molecule has 0 N–H and O–H groups in total. The summed E-state index contributed by atoms with van der Waals surface area (Å²) in [5.41, 5.74) is 0.0294. The highest BCUT2D eigenvalue weighted by Crippen LogP contribution is 2.57. The van der Waals surface area contributed by atoms with Crippen LogP contribution in [-0.2, 0) is 23.7 Å². The van der Waals surface area contributed by atoms with Gasteiger partial charge in [0.2, 0.25) is 0 Å². The van der Waals surface area contributed by atoms with Gasteiger partial charge in [0.1, 0.15) is 6.07 Å². The number of rotatable bonds is 13. The van der Waals surface area contributed by atoms with Crippen LogP contribution in [0.3, 0.4) is 0 Å². The van der Waals surface area contributed by atoms with Crippen molar-refractivity contribution in [3.63, 3.8) is 0 Å². The van der Waals surface area contributed by atoms with Gasteiger partial charge in [-0.1, -0.05) is 66.9 Å². The van der Waals surface area contributed by atoms with Crippen LogP contribution in [0.25, 0.3) is 0 Å². The van der Waals surface area contributed by atoms with E-state index >= 15 is 0 Å². The van der Waals surface area contributed by atoms with Crippen LogP contribution < -0.4 is 0 Å². The Morgan fingerprint density at radius 1 is 1.20 bits per heavy atom. The minimum absolute atomic E-state index is 0.0294. The smallest absolute Gasteiger partial charge is 0.249 e. The number of halogens is 1. The molecule has 0 amide bonds. The molecule has 6 nitrogen and oxygen atoms in total. The molecule has 138 valence electrons. The van der Waals surface area contributed by atoms with Crippen molar-refractivity contribution in [2.45, 2.75) is 26.7 Å². The fourth-order valence-electron chi connectivity index (χ4n) is 1.32. The van der Waals surface area contributed by atoms with Crippen molar-refractivity contribution in [3.8, 4) is 6.07 Å². The molecule has 0 unspecified atom stereocenters. The lowest BCUT2D eigenvalue weighted by Gasteiger charge is -2.18. The summed E-state index contributed by atoms with van der Waals surface area (Å²) in [5, 5.41) is 9.15. The van der Waals surface area contributed by atoms with E-state index in [4.69, 9.17) is 43.6 Å². The van der Waals surface area contributed by atoms with Gasteiger partial charge in [-0.25, -0.2) is 14.3 Å². The molecule has 0 radical (unpaired) electrons. The minimum atomic E-state index is -4.29. The molecular weight excluding hydrogens is 449 g/mol. The maximum atomic E-state index is 13.1. The second kappa shape index (κ2) is 13.6. The molecule has 0 heterocycles. The number of hydrogen-bond acceptors (Lipinski definition) is 8. The van der Waals surface area contributed by atoms with Crippen molar-refractivity contribution in [3.05, 3.63) is 34.6 Å². The third-order valence-corrected chi connectivity index (χ3v) is 4.84. The molecule has 0 saturated carbocycles. The third kappa shape index (κ3) is 8.11. The summed E-state index contributed by atoms with van der Waals surface area (Å²) in [7, 11) is -4.29. The molecule has 0 spiro atoms. The van der Waals surface area contributed by atoms with Crippen LogP contribution in [0.15, 0.2) is 34.6 Å². The van der Waals surface area contributed by atoms with Gasteiger partial charge in [-0.3, -0.25) is 0 Å². The summed E-state index contributed by atoms with van der Waals surface area (Å²) < 4.78 is 22.9. The zero-order valence-corrected chi connectivity index (χ0v) is 18.0. The average molecular weight is 468 g/mol. The summed E-state index contributed by atoms with van der Waals surface area (Å²) in [6.45, 7) is 7.51. The molecule has 0 bridgehead atoms. The second-order valence-corrected chi connectivity index (χ2v) is 7.50. The van der Waals surface area contributed by atoms with Crippen molar-refractivity contribution < 1.29 is 23.7 Å². The van der Waals surface area contributed by atoms with Crippen molar-refractivity contribution in [1.29, 1.82) is 5.26 Å². The van der Waals surface area contributed by atoms with Gasteiger partial charge in [0.05, 0.1) is 13.2 Å². The maximum Gasteiger partial charge on any atom is 0.426 e. The molecule has 0 atom stereocenters. The van der Waals surface area contributed by atoms with Gasteiger partial charge >= 0.3 is 7.60 Å². The Kier molecular flexibility index (Phi) is 13.3. The van der Waals surface area contributed by atoms with Crippen LogP contribution in [0.2, 0.25) is 0 Å². The Labute approximate surface area is 167 Å². The standard InChI is InChI=1S/C15H19BrNO5PS2/c1-4-9-19-21-23(18,22-20-10-5-2)12(11-17)15(13(24)6-3)14(25)7-8-16/h6-8H,3-5,9-10H2,1-2H3. The highest BCUT2D eigenvalue weighted by molar-refractivity contribution is 9.11. The Balaban J connectivity index is 6.16. The van der Waals surface area contributed by atoms with Crippen LogP contribution in [-0.4, -0.2) is 22.9 Å². The maximum absolute atomic E-state index is 13.1. The molecule has 0 aliphatic rings. The van der Waals surface area contributed by atoms with E-state index < -0.39 is 12.9 Å². The van der Waals surface area contributed by atoms with Crippen LogP contribution in [0, 0.1) is 11.3 Å². The SMILES string of the molecule is C=CC(=S)C(C(=S)C=CBr)=C(C#N)P(=O)(OOCCC)OOCCC. The number of nitrogens with zero attached hydrogens (tertiary/aromatic N) is 1. The molecule has 25 heavy (non-hydrogen) atoms. The fraction of sp³-hybridized carbons (Fsp3) is 0.400. The Morgan fingerprint density at radius 2 is 1.72 bits per heavy atom. The number of allylic oxidation sites excluding steroid dienone is 4. The Hall–Kier alpha value is -0.560. The fourth-order valence-corrected chi connectivity index (χ4v) is 3.70. The number of thiocarbonyl (C=S) groups is 2. The Morgan fingerprint density at radius 3 is 2.08 bits per heavy atom. The van der Waals surface area contributed by atoms with Crippen molar-refractivity contribution >= 4 is 57.7 Å². The largest absolute Gasteiger partial charge is 0.426 e. The molecule has 0 aromatic heterocycles. The lowest BCUT2D eigenvalue weighted by atomic mass is 10.1. The van der Waals surface area contributed by atoms with E-state index in [9.17, 15) is 9.83 Å². The van der Waals surface area contributed by atoms with E-state index in [0.717, 1.165) is 0 Å². The van der Waals surface area contributed by atoms with E-state index in [1.165, 1.54) is 17.1 Å². The first-order valence-corrected chi connectivity index (χ1v) is 10.5. The predicted molar refractivity (Wildman–Crippen MR) is 108 cm³/mol. The first-order chi connectivity index (χ1) is 11.9. The van der Waals surface area contributed by atoms with Gasteiger partial charge in [-0.15, -0.1) is 9.35 Å². The van der Waals surface area contributed by atoms with E-state index in [-0.39, 0.29) is 28.5 Å². The van der Waals surface area contributed by atoms with Gasteiger partial charge in [0.15, 0.2) is 5.31 Å². The first kappa shape index (κ1) is 24.4. The summed E-state index contributed by atoms with van der Waals surface area (Å²) in [6.07, 6.45) is 3.97. The zero-order chi connectivity index (χ0) is 19.3. The van der Waals surface area contributed by atoms with Gasteiger partial charge in [-0.05, 0) is 23.9 Å². The van der Waals surface area contributed by atoms with Crippen LogP contribution >= 0.6 is 48.0 Å². The van der Waals surface area contributed by atoms with Crippen molar-refractivity contribution in [2.24, 2.45) is 0 Å². The van der Waals surface area contributed by atoms with Crippen LogP contribution in [0.5, 0.6) is 0 Å². The van der Waals surface area contributed by atoms with Gasteiger partial charge in [0.25, 0.3) is 0 Å². The van der Waals surface area contributed by atoms with Crippen LogP contribution in [0.4, 0.5) is 0 Å². The van der Waals surface area contributed by atoms with Crippen LogP contribution in [0.1, 0.15) is 26.7 Å². The summed E-state index contributed by atoms with van der Waals surface area (Å²) in [5.74, 6) is 0. The van der Waals surface area contributed by atoms with E-state index in [1.807, 2.05) is 13.8 Å². The lowest BCUT2D eigenvalue weighted by molar-refractivity contribution is -0.264. The molecule has 0 fully saturated rings. The molecule has 0 saturated heterocycles. The number of nitriles is 1. The summed E-state index contributed by atoms with van der Waals surface area (Å²) >= 11 is 13.5. The first-order valence-electron chi connectivity index (χ1n) is 7.27. The Bertz CT molecular complexity index is 628. The molecule has 0 aromatic rings. The second-order valence-electron chi connectivity index (χ2n) is 4.35. The molecule has 0 aliphatic heterocycles. The molecule has 10 heteroatoms. The summed E-state index contributed by atoms with van der Waals surface area (Å²) in [6, 6.07) is 1.79. The highest BCUT2D eigenvalue weighted by atomic mass is 79.9. The topological polar surface area (TPSA) is 77.8 Å². The highest BCUT2D eigenvalue weighted by Gasteiger charge is 2.38. The molecule has 0 rings (SSSR count). The monoisotopic (exact) mass is 467 g/mol. The van der Waals surface area contributed by atoms with E-state index in [1.54, 1.807) is 6.07 Å². The minimum Gasteiger partial charge on any atom is -0.249 e. The quantitative estimate of drug-likeness (QED) is 0.0667. The molecule has 0 aromatic carbocycles. The van der Waals surface area contributed by atoms with E-state index in [2.05, 4.69) is 22.5 Å². The van der Waals surface area contributed by atoms with Gasteiger partial charge in [0, 0.05) is 15.3 Å². The summed E-state index contributed by atoms with van der Waals surface area (Å²) in [4.78, 5) is 11.5. The third-order valence-electron chi connectivity index (χ3n) is 2.39. The lowest BCUT2D eigenvalue weighted by Crippen LogP contribution is -2.11. The van der Waals surface area contributed by atoms with Gasteiger partial charge < -0.3 is 0 Å². The average Bonchev–Trinajstić information content (AvgIpc) is 2.59. The van der Waals surface area contributed by atoms with Crippen molar-refractivity contribution in [2.75, 3.05) is 13.2 Å². The molecular formula is C15H19BrNO5PS2. The predicted octanol–water partition coefficient (Wildman–Crippen LogP) is 5.51. The van der Waals surface area contributed by atoms with Crippen molar-refractivity contribution in [1.82, 2.24) is 0 Å². The molecule has 0 aliphatic carbocycles. The normalized spacial score (nSPS) is 12.6. The zero-order valence-electron chi connectivity index (χ0n) is 13.9.